The predicted molar refractivity (Wildman–Crippen MR) is 48.7 cm³/mol. The minimum Gasteiger partial charge on any atom is -0.423 e. The topological polar surface area (TPSA) is 40.5 Å². The van der Waals surface area contributed by atoms with E-state index in [0.717, 1.165) is 0 Å². The monoisotopic (exact) mass is 232 g/mol. The van der Waals surface area contributed by atoms with Crippen molar-refractivity contribution in [3.8, 4) is 0 Å². The second kappa shape index (κ2) is 3.55. The van der Waals surface area contributed by atoms with Gasteiger partial charge in [0.15, 0.2) is 0 Å². The Bertz CT molecular complexity index is 304. The van der Waals surface area contributed by atoms with Gasteiger partial charge < -0.3 is 10.0 Å². The first-order valence-electron chi connectivity index (χ1n) is 3.34. The van der Waals surface area contributed by atoms with Crippen LogP contribution in [0, 0.1) is 12.7 Å². The Morgan fingerprint density at radius 2 is 2.00 bits per heavy atom. The normalized spacial score (nSPS) is 10.1. The van der Waals surface area contributed by atoms with Crippen LogP contribution in [0.15, 0.2) is 16.6 Å². The fourth-order valence-corrected chi connectivity index (χ4v) is 1.43. The van der Waals surface area contributed by atoms with E-state index < -0.39 is 12.9 Å². The quantitative estimate of drug-likeness (QED) is 0.696. The molecule has 0 heterocycles. The van der Waals surface area contributed by atoms with Gasteiger partial charge in [-0.25, -0.2) is 4.39 Å². The Labute approximate surface area is 78.3 Å². The van der Waals surface area contributed by atoms with Gasteiger partial charge in [0, 0.05) is 9.94 Å². The zero-order valence-electron chi connectivity index (χ0n) is 6.38. The molecule has 2 nitrogen and oxygen atoms in total. The average Bonchev–Trinajstić information content (AvgIpc) is 1.97. The Hall–Kier alpha value is -0.385. The number of aryl methyl sites for hydroxylation is 1. The van der Waals surface area contributed by atoms with Crippen molar-refractivity contribution >= 4 is 28.5 Å². The summed E-state index contributed by atoms with van der Waals surface area (Å²) in [7, 11) is -1.78. The van der Waals surface area contributed by atoms with Gasteiger partial charge in [-0.05, 0) is 18.6 Å². The molecule has 1 aromatic carbocycles. The van der Waals surface area contributed by atoms with Crippen LogP contribution in [0.5, 0.6) is 0 Å². The van der Waals surface area contributed by atoms with Crippen LogP contribution in [0.4, 0.5) is 4.39 Å². The van der Waals surface area contributed by atoms with Crippen molar-refractivity contribution in [1.82, 2.24) is 0 Å². The van der Waals surface area contributed by atoms with E-state index in [1.165, 1.54) is 0 Å². The van der Waals surface area contributed by atoms with Gasteiger partial charge in [-0.1, -0.05) is 22.0 Å². The second-order valence-corrected chi connectivity index (χ2v) is 3.32. The van der Waals surface area contributed by atoms with E-state index in [0.29, 0.717) is 10.0 Å². The van der Waals surface area contributed by atoms with E-state index in [4.69, 9.17) is 10.0 Å². The molecule has 0 unspecified atom stereocenters. The van der Waals surface area contributed by atoms with E-state index in [2.05, 4.69) is 15.9 Å². The molecule has 2 N–H and O–H groups in total. The highest BCUT2D eigenvalue weighted by molar-refractivity contribution is 9.10. The summed E-state index contributed by atoms with van der Waals surface area (Å²) in [4.78, 5) is 0. The third-order valence-corrected chi connectivity index (χ3v) is 2.27. The van der Waals surface area contributed by atoms with Crippen LogP contribution in [-0.2, 0) is 0 Å². The molecule has 64 valence electrons. The molecule has 12 heavy (non-hydrogen) atoms. The lowest BCUT2D eigenvalue weighted by atomic mass is 9.79. The van der Waals surface area contributed by atoms with Crippen molar-refractivity contribution in [2.45, 2.75) is 6.92 Å². The Morgan fingerprint density at radius 3 is 2.42 bits per heavy atom. The molecule has 0 fully saturated rings. The summed E-state index contributed by atoms with van der Waals surface area (Å²) in [6, 6.07) is 3.14. The molecule has 0 aromatic heterocycles. The van der Waals surface area contributed by atoms with E-state index in [9.17, 15) is 4.39 Å². The summed E-state index contributed by atoms with van der Waals surface area (Å²) in [5.74, 6) is -0.584. The molecule has 0 aliphatic rings. The van der Waals surface area contributed by atoms with Crippen molar-refractivity contribution in [2.75, 3.05) is 0 Å². The zero-order chi connectivity index (χ0) is 9.30. The SMILES string of the molecule is Cc1ccc(Br)c(B(O)O)c1F. The van der Waals surface area contributed by atoms with Gasteiger partial charge in [-0.3, -0.25) is 0 Å². The molecule has 0 aliphatic heterocycles. The van der Waals surface area contributed by atoms with Crippen LogP contribution >= 0.6 is 15.9 Å². The maximum absolute atomic E-state index is 13.2. The van der Waals surface area contributed by atoms with Gasteiger partial charge >= 0.3 is 7.12 Å². The largest absolute Gasteiger partial charge is 0.492 e. The fraction of sp³-hybridized carbons (Fsp3) is 0.143. The van der Waals surface area contributed by atoms with Gasteiger partial charge in [-0.2, -0.15) is 0 Å². The van der Waals surface area contributed by atoms with Gasteiger partial charge in [0.25, 0.3) is 0 Å². The van der Waals surface area contributed by atoms with Crippen LogP contribution in [-0.4, -0.2) is 17.2 Å². The van der Waals surface area contributed by atoms with Crippen LogP contribution < -0.4 is 5.46 Å². The summed E-state index contributed by atoms with van der Waals surface area (Å²) >= 11 is 3.02. The van der Waals surface area contributed by atoms with Crippen LogP contribution in [0.1, 0.15) is 5.56 Å². The third kappa shape index (κ3) is 1.68. The van der Waals surface area contributed by atoms with Crippen molar-refractivity contribution in [3.63, 3.8) is 0 Å². The highest BCUT2D eigenvalue weighted by Crippen LogP contribution is 2.12. The van der Waals surface area contributed by atoms with Crippen LogP contribution in [0.2, 0.25) is 0 Å². The molecule has 5 heteroatoms. The molecular formula is C7H7BBrFO2. The first-order valence-corrected chi connectivity index (χ1v) is 4.14. The van der Waals surface area contributed by atoms with Crippen molar-refractivity contribution < 1.29 is 14.4 Å². The maximum Gasteiger partial charge on any atom is 0.492 e. The molecule has 0 atom stereocenters. The molecular weight excluding hydrogens is 226 g/mol. The number of hydrogen-bond acceptors (Lipinski definition) is 2. The van der Waals surface area contributed by atoms with Crippen LogP contribution in [0.25, 0.3) is 0 Å². The zero-order valence-corrected chi connectivity index (χ0v) is 7.97. The minimum atomic E-state index is -1.78. The molecule has 1 rings (SSSR count). The first kappa shape index (κ1) is 9.70. The van der Waals surface area contributed by atoms with E-state index >= 15 is 0 Å². The molecule has 0 amide bonds. The van der Waals surface area contributed by atoms with E-state index in [1.807, 2.05) is 0 Å². The predicted octanol–water partition coefficient (Wildman–Crippen LogP) is 0.576. The Morgan fingerprint density at radius 1 is 1.42 bits per heavy atom. The summed E-state index contributed by atoms with van der Waals surface area (Å²) in [6.07, 6.45) is 0. The maximum atomic E-state index is 13.2. The standard InChI is InChI=1S/C7H7BBrFO2/c1-4-2-3-5(9)6(7(4)10)8(11)12/h2-3,11-12H,1H3. The van der Waals surface area contributed by atoms with Crippen LogP contribution in [0.3, 0.4) is 0 Å². The Balaban J connectivity index is 3.33. The van der Waals surface area contributed by atoms with Crippen molar-refractivity contribution in [3.05, 3.63) is 28.0 Å². The number of benzene rings is 1. The summed E-state index contributed by atoms with van der Waals surface area (Å²) in [5, 5.41) is 17.6. The lowest BCUT2D eigenvalue weighted by Gasteiger charge is -2.06. The Kier molecular flexibility index (Phi) is 2.87. The van der Waals surface area contributed by atoms with Crippen molar-refractivity contribution in [2.24, 2.45) is 0 Å². The molecule has 0 aliphatic carbocycles. The molecule has 0 saturated heterocycles. The number of halogens is 2. The highest BCUT2D eigenvalue weighted by atomic mass is 79.9. The average molecular weight is 233 g/mol. The smallest absolute Gasteiger partial charge is 0.423 e. The third-order valence-electron chi connectivity index (χ3n) is 1.58. The van der Waals surface area contributed by atoms with Crippen molar-refractivity contribution in [1.29, 1.82) is 0 Å². The molecule has 0 bridgehead atoms. The highest BCUT2D eigenvalue weighted by Gasteiger charge is 2.20. The van der Waals surface area contributed by atoms with Gasteiger partial charge in [0.1, 0.15) is 5.82 Å². The summed E-state index contributed by atoms with van der Waals surface area (Å²) in [6.45, 7) is 1.56. The second-order valence-electron chi connectivity index (χ2n) is 2.47. The first-order chi connectivity index (χ1) is 5.54. The van der Waals surface area contributed by atoms with E-state index in [-0.39, 0.29) is 5.46 Å². The number of rotatable bonds is 1. The molecule has 1 aromatic rings. The van der Waals surface area contributed by atoms with Gasteiger partial charge in [-0.15, -0.1) is 0 Å². The molecule has 0 spiro atoms. The molecule has 0 saturated carbocycles. The van der Waals surface area contributed by atoms with Gasteiger partial charge in [0.2, 0.25) is 0 Å². The lowest BCUT2D eigenvalue weighted by molar-refractivity contribution is 0.422. The van der Waals surface area contributed by atoms with Gasteiger partial charge in [0.05, 0.1) is 0 Å². The van der Waals surface area contributed by atoms with E-state index in [1.54, 1.807) is 19.1 Å². The lowest BCUT2D eigenvalue weighted by Crippen LogP contribution is -2.34. The molecule has 0 radical (unpaired) electrons. The fourth-order valence-electron chi connectivity index (χ4n) is 0.915. The minimum absolute atomic E-state index is 0.116. The summed E-state index contributed by atoms with van der Waals surface area (Å²) < 4.78 is 13.5. The number of hydrogen-bond donors (Lipinski definition) is 2. The summed E-state index contributed by atoms with van der Waals surface area (Å²) in [5.41, 5.74) is 0.274.